The minimum Gasteiger partial charge on any atom is -0.392 e. The van der Waals surface area contributed by atoms with E-state index in [0.29, 0.717) is 52.3 Å². The molecule has 12 heteroatoms. The van der Waals surface area contributed by atoms with E-state index in [1.807, 2.05) is 13.0 Å². The van der Waals surface area contributed by atoms with E-state index < -0.39 is 0 Å². The number of likely N-dealkylation sites (tertiary alicyclic amines) is 1. The van der Waals surface area contributed by atoms with Crippen LogP contribution in [0.15, 0.2) is 18.3 Å². The molecule has 0 amide bonds. The number of nitrogens with one attached hydrogen (secondary N) is 2. The lowest BCUT2D eigenvalue weighted by atomic mass is 9.92. The zero-order valence-electron chi connectivity index (χ0n) is 21.1. The van der Waals surface area contributed by atoms with Crippen molar-refractivity contribution < 1.29 is 5.11 Å². The van der Waals surface area contributed by atoms with Gasteiger partial charge in [0.15, 0.2) is 5.82 Å². The Bertz CT molecular complexity index is 1450. The molecule has 2 aliphatic heterocycles. The maximum atomic E-state index is 9.88. The van der Waals surface area contributed by atoms with Crippen molar-refractivity contribution in [3.05, 3.63) is 40.3 Å². The number of β-amino-alcohol motifs (C(OH)–C–C–N with tert-alkyl or cyclic N) is 1. The van der Waals surface area contributed by atoms with E-state index >= 15 is 0 Å². The van der Waals surface area contributed by atoms with Crippen molar-refractivity contribution in [3.63, 3.8) is 0 Å². The summed E-state index contributed by atoms with van der Waals surface area (Å²) >= 11 is 6.96. The topological polar surface area (TPSA) is 122 Å². The van der Waals surface area contributed by atoms with Crippen LogP contribution in [0.3, 0.4) is 0 Å². The third kappa shape index (κ3) is 4.69. The normalized spacial score (nSPS) is 22.1. The van der Waals surface area contributed by atoms with E-state index in [0.717, 1.165) is 51.0 Å². The van der Waals surface area contributed by atoms with Gasteiger partial charge in [-0.2, -0.15) is 10.2 Å². The summed E-state index contributed by atoms with van der Waals surface area (Å²) in [4.78, 5) is 17.2. The highest BCUT2D eigenvalue weighted by Crippen LogP contribution is 2.40. The van der Waals surface area contributed by atoms with Crippen LogP contribution in [0.4, 0.5) is 29.0 Å². The molecule has 4 heterocycles. The minimum atomic E-state index is -0.336. The number of aromatic nitrogens is 4. The van der Waals surface area contributed by atoms with Crippen molar-refractivity contribution in [1.29, 1.82) is 5.26 Å². The number of hydrogen-bond donors (Lipinski definition) is 3. The monoisotopic (exact) mass is 532 g/mol. The molecule has 3 aliphatic rings. The average molecular weight is 533 g/mol. The number of anilines is 4. The van der Waals surface area contributed by atoms with Crippen molar-refractivity contribution in [1.82, 2.24) is 24.5 Å². The molecule has 3 fully saturated rings. The molecule has 0 spiro atoms. The summed E-state index contributed by atoms with van der Waals surface area (Å²) in [5, 5.41) is 31.2. The number of aliphatic hydroxyl groups is 1. The second-order valence-electron chi connectivity index (χ2n) is 10.5. The number of imidazole rings is 1. The summed E-state index contributed by atoms with van der Waals surface area (Å²) in [6, 6.07) is 6.59. The second kappa shape index (κ2) is 9.91. The molecule has 11 nitrogen and oxygen atoms in total. The van der Waals surface area contributed by atoms with E-state index in [1.165, 1.54) is 10.7 Å². The molecule has 2 aromatic heterocycles. The first-order valence-corrected chi connectivity index (χ1v) is 13.4. The fourth-order valence-electron chi connectivity index (χ4n) is 5.70. The third-order valence-electron chi connectivity index (χ3n) is 7.60. The minimum absolute atomic E-state index is 0.259. The molecule has 196 valence electrons. The van der Waals surface area contributed by atoms with Gasteiger partial charge in [-0.25, -0.2) is 4.98 Å². The SMILES string of the molecule is [C-]#[N+]c1cnc2c(NC3CC3)nc(Nc3cc(C#N)cc(N4CCC5C(CCN5CC(C)O)C4)c3Cl)nn12. The van der Waals surface area contributed by atoms with Crippen molar-refractivity contribution in [2.45, 2.75) is 50.8 Å². The number of aliphatic hydroxyl groups excluding tert-OH is 1. The summed E-state index contributed by atoms with van der Waals surface area (Å²) in [5.74, 6) is 1.58. The van der Waals surface area contributed by atoms with Gasteiger partial charge in [-0.3, -0.25) is 4.90 Å². The third-order valence-corrected chi connectivity index (χ3v) is 7.99. The van der Waals surface area contributed by atoms with Gasteiger partial charge in [-0.1, -0.05) is 23.3 Å². The Hall–Kier alpha value is -3.64. The first kappa shape index (κ1) is 24.7. The lowest BCUT2D eigenvalue weighted by molar-refractivity contribution is 0.106. The fourth-order valence-corrected chi connectivity index (χ4v) is 5.97. The first-order chi connectivity index (χ1) is 18.4. The van der Waals surface area contributed by atoms with Crippen LogP contribution in [0.5, 0.6) is 0 Å². The summed E-state index contributed by atoms with van der Waals surface area (Å²) < 4.78 is 1.47. The standard InChI is InChI=1S/C26H29ClN10O/c1-15(38)13-35-7-5-17-14-36(8-6-20(17)35)21-10-16(11-28)9-19(23(21)27)32-26-33-24(31-18-3-4-18)25-30-12-22(29-2)37(25)34-26/h9-10,12,15,17-18,20,38H,3-8,13-14H2,1H3,(H2,31,32,33,34). The van der Waals surface area contributed by atoms with Gasteiger partial charge in [0.25, 0.3) is 17.4 Å². The van der Waals surface area contributed by atoms with E-state index in [2.05, 4.69) is 46.4 Å². The Balaban J connectivity index is 1.30. The lowest BCUT2D eigenvalue weighted by Gasteiger charge is -2.40. The quantitative estimate of drug-likeness (QED) is 0.390. The maximum absolute atomic E-state index is 9.88. The lowest BCUT2D eigenvalue weighted by Crippen LogP contribution is -2.47. The molecular formula is C26H29ClN10O. The predicted molar refractivity (Wildman–Crippen MR) is 145 cm³/mol. The summed E-state index contributed by atoms with van der Waals surface area (Å²) in [7, 11) is 0. The molecule has 1 saturated carbocycles. The molecule has 3 atom stereocenters. The number of piperidine rings is 1. The molecule has 1 aromatic carbocycles. The van der Waals surface area contributed by atoms with Crippen LogP contribution in [0, 0.1) is 23.8 Å². The van der Waals surface area contributed by atoms with Gasteiger partial charge < -0.3 is 25.5 Å². The van der Waals surface area contributed by atoms with E-state index in [-0.39, 0.29) is 17.9 Å². The number of halogens is 1. The Kier molecular flexibility index (Phi) is 6.44. The molecule has 0 bridgehead atoms. The number of nitriles is 1. The molecule has 3 aromatic rings. The van der Waals surface area contributed by atoms with Crippen molar-refractivity contribution in [2.24, 2.45) is 5.92 Å². The summed E-state index contributed by atoms with van der Waals surface area (Å²) in [5.41, 5.74) is 2.32. The van der Waals surface area contributed by atoms with Crippen LogP contribution >= 0.6 is 11.6 Å². The number of benzene rings is 1. The number of fused-ring (bicyclic) bond motifs is 2. The highest BCUT2D eigenvalue weighted by molar-refractivity contribution is 6.36. The van der Waals surface area contributed by atoms with Crippen molar-refractivity contribution >= 4 is 46.2 Å². The van der Waals surface area contributed by atoms with Crippen LogP contribution in [0.2, 0.25) is 5.02 Å². The highest BCUT2D eigenvalue weighted by Gasteiger charge is 2.39. The van der Waals surface area contributed by atoms with Gasteiger partial charge in [-0.15, -0.1) is 4.52 Å². The number of nitrogens with zero attached hydrogens (tertiary/aromatic N) is 8. The van der Waals surface area contributed by atoms with E-state index in [1.54, 1.807) is 6.07 Å². The van der Waals surface area contributed by atoms with Gasteiger partial charge >= 0.3 is 0 Å². The molecular weight excluding hydrogens is 504 g/mol. The Labute approximate surface area is 225 Å². The van der Waals surface area contributed by atoms with Gasteiger partial charge in [0, 0.05) is 31.7 Å². The van der Waals surface area contributed by atoms with E-state index in [9.17, 15) is 10.4 Å². The fraction of sp³-hybridized carbons (Fsp3) is 0.500. The van der Waals surface area contributed by atoms with Crippen LogP contribution in [0.25, 0.3) is 10.5 Å². The summed E-state index contributed by atoms with van der Waals surface area (Å²) in [6.45, 7) is 12.7. The van der Waals surface area contributed by atoms with Crippen molar-refractivity contribution in [3.8, 4) is 6.07 Å². The van der Waals surface area contributed by atoms with Crippen molar-refractivity contribution in [2.75, 3.05) is 41.7 Å². The van der Waals surface area contributed by atoms with Crippen LogP contribution in [0.1, 0.15) is 38.2 Å². The number of hydrogen-bond acceptors (Lipinski definition) is 9. The first-order valence-electron chi connectivity index (χ1n) is 13.0. The zero-order chi connectivity index (χ0) is 26.4. The molecule has 3 N–H and O–H groups in total. The molecule has 38 heavy (non-hydrogen) atoms. The smallest absolute Gasteiger partial charge is 0.275 e. The molecule has 3 unspecified atom stereocenters. The molecule has 0 radical (unpaired) electrons. The maximum Gasteiger partial charge on any atom is 0.275 e. The predicted octanol–water partition coefficient (Wildman–Crippen LogP) is 3.80. The average Bonchev–Trinajstić information content (AvgIpc) is 3.49. The Morgan fingerprint density at radius 3 is 2.87 bits per heavy atom. The molecule has 1 aliphatic carbocycles. The largest absolute Gasteiger partial charge is 0.392 e. The van der Waals surface area contributed by atoms with Gasteiger partial charge in [0.05, 0.1) is 40.3 Å². The van der Waals surface area contributed by atoms with Crippen LogP contribution < -0.4 is 15.5 Å². The van der Waals surface area contributed by atoms with Gasteiger partial charge in [-0.05, 0) is 57.2 Å². The number of rotatable bonds is 7. The van der Waals surface area contributed by atoms with Gasteiger partial charge in [0.2, 0.25) is 0 Å². The highest BCUT2D eigenvalue weighted by atomic mass is 35.5. The summed E-state index contributed by atoms with van der Waals surface area (Å²) in [6.07, 6.45) is 5.31. The molecule has 6 rings (SSSR count). The van der Waals surface area contributed by atoms with Crippen LogP contribution in [-0.4, -0.2) is 74.0 Å². The van der Waals surface area contributed by atoms with Gasteiger partial charge in [0.1, 0.15) is 0 Å². The van der Waals surface area contributed by atoms with Crippen LogP contribution in [-0.2, 0) is 0 Å². The molecule has 2 saturated heterocycles. The van der Waals surface area contributed by atoms with E-state index in [4.69, 9.17) is 18.2 Å². The zero-order valence-corrected chi connectivity index (χ0v) is 21.9. The Morgan fingerprint density at radius 1 is 1.29 bits per heavy atom. The Morgan fingerprint density at radius 2 is 2.13 bits per heavy atom. The second-order valence-corrected chi connectivity index (χ2v) is 10.8.